The molecule has 1 atom stereocenters. The first-order chi connectivity index (χ1) is 18.5. The number of carbonyl (C=O) groups is 3. The van der Waals surface area contributed by atoms with Gasteiger partial charge in [-0.1, -0.05) is 24.6 Å². The summed E-state index contributed by atoms with van der Waals surface area (Å²) in [5.74, 6) is -2.88. The van der Waals surface area contributed by atoms with Crippen LogP contribution in [0.1, 0.15) is 30.4 Å². The highest BCUT2D eigenvalue weighted by Gasteiger charge is 2.66. The minimum absolute atomic E-state index is 0.0733. The Morgan fingerprint density at radius 3 is 2.26 bits per heavy atom. The first kappa shape index (κ1) is 27.0. The van der Waals surface area contributed by atoms with Crippen LogP contribution in [0.4, 0.5) is 5.69 Å². The molecule has 39 heavy (non-hydrogen) atoms. The summed E-state index contributed by atoms with van der Waals surface area (Å²) in [6.45, 7) is 1.37. The fraction of sp³-hybridized carbons (Fsp3) is 0.393. The maximum atomic E-state index is 14.0. The Kier molecular flexibility index (Phi) is 6.86. The Morgan fingerprint density at radius 1 is 0.974 bits per heavy atom. The Balaban J connectivity index is 1.65. The monoisotopic (exact) mass is 552 g/mol. The second-order valence-electron chi connectivity index (χ2n) is 10.4. The number of Topliss-reactive ketones (excluding diaryl/α,β-unsaturated/α-hetero) is 1. The number of amides is 2. The van der Waals surface area contributed by atoms with Gasteiger partial charge in [-0.15, -0.1) is 0 Å². The van der Waals surface area contributed by atoms with Gasteiger partial charge >= 0.3 is 0 Å². The topological polar surface area (TPSA) is 119 Å². The van der Waals surface area contributed by atoms with E-state index in [1.807, 2.05) is 19.0 Å². The summed E-state index contributed by atoms with van der Waals surface area (Å²) in [4.78, 5) is 45.5. The number of likely N-dealkylation sites (N-methyl/N-ethyl adjacent to an activating group) is 2. The number of nitrogens with zero attached hydrogens (tertiary/aromatic N) is 4. The number of likely N-dealkylation sites (tertiary alicyclic amines) is 1. The second-order valence-corrected chi connectivity index (χ2v) is 12.3. The quantitative estimate of drug-likeness (QED) is 0.331. The lowest BCUT2D eigenvalue weighted by Gasteiger charge is -2.34. The number of rotatable bonds is 6. The van der Waals surface area contributed by atoms with Crippen molar-refractivity contribution in [3.05, 3.63) is 65.2 Å². The number of hydrogen-bond donors (Lipinski definition) is 1. The fourth-order valence-corrected chi connectivity index (χ4v) is 7.27. The van der Waals surface area contributed by atoms with Crippen molar-refractivity contribution in [1.82, 2.24) is 14.1 Å². The van der Waals surface area contributed by atoms with E-state index in [2.05, 4.69) is 0 Å². The molecule has 3 heterocycles. The number of aliphatic hydroxyl groups is 1. The van der Waals surface area contributed by atoms with Crippen molar-refractivity contribution in [1.29, 1.82) is 0 Å². The highest BCUT2D eigenvalue weighted by molar-refractivity contribution is 7.89. The lowest BCUT2D eigenvalue weighted by atomic mass is 9.82. The number of piperidine rings is 1. The van der Waals surface area contributed by atoms with Crippen LogP contribution in [0.25, 0.3) is 5.76 Å². The summed E-state index contributed by atoms with van der Waals surface area (Å²) in [6, 6.07) is 12.5. The molecule has 3 aliphatic rings. The van der Waals surface area contributed by atoms with Gasteiger partial charge in [0, 0.05) is 50.0 Å². The molecule has 11 heteroatoms. The molecule has 206 valence electrons. The van der Waals surface area contributed by atoms with Crippen LogP contribution in [0.2, 0.25) is 0 Å². The SMILES string of the molecule is CN(C)CCN1C(=O)C(=O)C(=C(O)c2ccc(S(=O)(=O)N3CCCCC3)cc2)[C@@]12C(=O)N(C)c1ccccc12. The average molecular weight is 553 g/mol. The van der Waals surface area contributed by atoms with Crippen LogP contribution < -0.4 is 4.90 Å². The number of aliphatic hydroxyl groups excluding tert-OH is 1. The van der Waals surface area contributed by atoms with E-state index < -0.39 is 38.9 Å². The fourth-order valence-electron chi connectivity index (χ4n) is 5.75. The number of sulfonamides is 1. The van der Waals surface area contributed by atoms with Gasteiger partial charge in [0.05, 0.1) is 10.5 Å². The molecule has 0 aliphatic carbocycles. The molecule has 0 saturated carbocycles. The molecular weight excluding hydrogens is 520 g/mol. The van der Waals surface area contributed by atoms with Crippen LogP contribution in [0.3, 0.4) is 0 Å². The zero-order chi connectivity index (χ0) is 28.1. The molecule has 0 bridgehead atoms. The number of benzene rings is 2. The number of anilines is 1. The minimum Gasteiger partial charge on any atom is -0.507 e. The molecule has 0 radical (unpaired) electrons. The summed E-state index contributed by atoms with van der Waals surface area (Å²) in [5, 5.41) is 11.5. The van der Waals surface area contributed by atoms with Crippen LogP contribution in [0.15, 0.2) is 59.0 Å². The molecule has 0 aromatic heterocycles. The van der Waals surface area contributed by atoms with E-state index in [4.69, 9.17) is 0 Å². The molecule has 2 saturated heterocycles. The van der Waals surface area contributed by atoms with Crippen molar-refractivity contribution >= 4 is 39.1 Å². The molecule has 10 nitrogen and oxygen atoms in total. The predicted molar refractivity (Wildman–Crippen MR) is 145 cm³/mol. The van der Waals surface area contributed by atoms with E-state index >= 15 is 0 Å². The first-order valence-corrected chi connectivity index (χ1v) is 14.4. The zero-order valence-corrected chi connectivity index (χ0v) is 23.1. The van der Waals surface area contributed by atoms with Gasteiger partial charge in [0.1, 0.15) is 5.76 Å². The van der Waals surface area contributed by atoms with Crippen LogP contribution in [0.5, 0.6) is 0 Å². The Hall–Kier alpha value is -3.54. The molecule has 1 spiro atoms. The minimum atomic E-state index is -3.70. The van der Waals surface area contributed by atoms with Gasteiger partial charge in [0.15, 0.2) is 5.54 Å². The van der Waals surface area contributed by atoms with Crippen molar-refractivity contribution in [2.24, 2.45) is 0 Å². The van der Waals surface area contributed by atoms with Crippen LogP contribution in [0, 0.1) is 0 Å². The van der Waals surface area contributed by atoms with Crippen molar-refractivity contribution < 1.29 is 27.9 Å². The molecule has 5 rings (SSSR count). The molecule has 2 amide bonds. The van der Waals surface area contributed by atoms with E-state index in [0.29, 0.717) is 30.9 Å². The van der Waals surface area contributed by atoms with Gasteiger partial charge in [0.25, 0.3) is 17.6 Å². The van der Waals surface area contributed by atoms with E-state index in [9.17, 15) is 27.9 Å². The number of ketones is 1. The third-order valence-corrected chi connectivity index (χ3v) is 9.70. The summed E-state index contributed by atoms with van der Waals surface area (Å²) in [7, 11) is 1.50. The standard InChI is InChI=1S/C28H32N4O6S/c1-29(2)17-18-32-26(35)25(34)23(28(32)21-9-5-6-10-22(21)30(3)27(28)36)24(33)19-11-13-20(14-12-19)39(37,38)31-15-7-4-8-16-31/h5-6,9-14,33H,4,7-8,15-18H2,1-3H3/t28-/m0/s1. The Bertz CT molecular complexity index is 1480. The van der Waals surface area contributed by atoms with E-state index in [1.165, 1.54) is 38.4 Å². The molecule has 1 N–H and O–H groups in total. The zero-order valence-electron chi connectivity index (χ0n) is 22.3. The smallest absolute Gasteiger partial charge is 0.296 e. The molecule has 2 aromatic rings. The van der Waals surface area contributed by atoms with Crippen molar-refractivity contribution in [2.75, 3.05) is 52.2 Å². The Labute approximate surface area is 228 Å². The van der Waals surface area contributed by atoms with Gasteiger partial charge in [0.2, 0.25) is 10.0 Å². The maximum Gasteiger partial charge on any atom is 0.296 e. The maximum absolute atomic E-state index is 14.0. The third kappa shape index (κ3) is 4.07. The summed E-state index contributed by atoms with van der Waals surface area (Å²) < 4.78 is 27.7. The van der Waals surface area contributed by atoms with Crippen LogP contribution >= 0.6 is 0 Å². The molecule has 0 unspecified atom stereocenters. The van der Waals surface area contributed by atoms with Gasteiger partial charge in [-0.05, 0) is 57.3 Å². The molecule has 3 aliphatic heterocycles. The first-order valence-electron chi connectivity index (χ1n) is 13.0. The highest BCUT2D eigenvalue weighted by Crippen LogP contribution is 2.53. The number of para-hydroxylation sites is 1. The largest absolute Gasteiger partial charge is 0.507 e. The molecular formula is C28H32N4O6S. The summed E-state index contributed by atoms with van der Waals surface area (Å²) in [6.07, 6.45) is 2.59. The van der Waals surface area contributed by atoms with Gasteiger partial charge in [-0.25, -0.2) is 8.42 Å². The van der Waals surface area contributed by atoms with Gasteiger partial charge < -0.3 is 19.8 Å². The highest BCUT2D eigenvalue weighted by atomic mass is 32.2. The van der Waals surface area contributed by atoms with Crippen LogP contribution in [-0.2, 0) is 29.9 Å². The lowest BCUT2D eigenvalue weighted by Crippen LogP contribution is -2.52. The second kappa shape index (κ2) is 9.89. The van der Waals surface area contributed by atoms with Gasteiger partial charge in [-0.2, -0.15) is 4.31 Å². The number of carbonyl (C=O) groups excluding carboxylic acids is 3. The number of hydrogen-bond acceptors (Lipinski definition) is 7. The summed E-state index contributed by atoms with van der Waals surface area (Å²) in [5.41, 5.74) is -1.05. The normalized spacial score (nSPS) is 23.3. The van der Waals surface area contributed by atoms with E-state index in [1.54, 1.807) is 31.3 Å². The summed E-state index contributed by atoms with van der Waals surface area (Å²) >= 11 is 0. The number of fused-ring (bicyclic) bond motifs is 2. The predicted octanol–water partition coefficient (Wildman–Crippen LogP) is 1.98. The van der Waals surface area contributed by atoms with Gasteiger partial charge in [-0.3, -0.25) is 14.4 Å². The molecule has 2 aromatic carbocycles. The van der Waals surface area contributed by atoms with E-state index in [-0.39, 0.29) is 22.6 Å². The van der Waals surface area contributed by atoms with Crippen LogP contribution in [-0.4, -0.2) is 92.5 Å². The van der Waals surface area contributed by atoms with Crippen molar-refractivity contribution in [3.63, 3.8) is 0 Å². The average Bonchev–Trinajstić information content (AvgIpc) is 3.30. The molecule has 2 fully saturated rings. The lowest BCUT2D eigenvalue weighted by molar-refractivity contribution is -0.143. The Morgan fingerprint density at radius 2 is 1.62 bits per heavy atom. The van der Waals surface area contributed by atoms with Crippen molar-refractivity contribution in [2.45, 2.75) is 29.7 Å². The van der Waals surface area contributed by atoms with E-state index in [0.717, 1.165) is 19.3 Å². The third-order valence-electron chi connectivity index (χ3n) is 7.79. The van der Waals surface area contributed by atoms with Crippen molar-refractivity contribution in [3.8, 4) is 0 Å².